The zero-order valence-electron chi connectivity index (χ0n) is 18.2. The second-order valence-electron chi connectivity index (χ2n) is 8.19. The van der Waals surface area contributed by atoms with Crippen LogP contribution in [0.4, 0.5) is 5.69 Å². The summed E-state index contributed by atoms with van der Waals surface area (Å²) in [6.45, 7) is 2.25. The lowest BCUT2D eigenvalue weighted by atomic mass is 10.0. The van der Waals surface area contributed by atoms with Gasteiger partial charge in [-0.25, -0.2) is 9.50 Å². The number of aromatic amines is 1. The average molecular weight is 441 g/mol. The fraction of sp³-hybridized carbons (Fsp3) is 0.200. The van der Waals surface area contributed by atoms with E-state index in [1.807, 2.05) is 48.5 Å². The number of hydrogen-bond donors (Lipinski definition) is 2. The summed E-state index contributed by atoms with van der Waals surface area (Å²) in [5, 5.41) is 5.86. The van der Waals surface area contributed by atoms with E-state index < -0.39 is 0 Å². The van der Waals surface area contributed by atoms with Gasteiger partial charge in [-0.15, -0.1) is 0 Å². The quantitative estimate of drug-likeness (QED) is 0.509. The van der Waals surface area contributed by atoms with Crippen molar-refractivity contribution in [2.75, 3.05) is 11.9 Å². The van der Waals surface area contributed by atoms with Crippen molar-refractivity contribution in [3.63, 3.8) is 0 Å². The van der Waals surface area contributed by atoms with E-state index in [9.17, 15) is 14.4 Å². The lowest BCUT2D eigenvalue weighted by Crippen LogP contribution is -2.40. The molecule has 0 saturated carbocycles. The molecule has 2 aromatic carbocycles. The van der Waals surface area contributed by atoms with Gasteiger partial charge >= 0.3 is 0 Å². The van der Waals surface area contributed by atoms with Crippen molar-refractivity contribution in [3.05, 3.63) is 87.8 Å². The van der Waals surface area contributed by atoms with Gasteiger partial charge in [-0.2, -0.15) is 0 Å². The van der Waals surface area contributed by atoms with Gasteiger partial charge in [-0.1, -0.05) is 42.5 Å². The van der Waals surface area contributed by atoms with Crippen molar-refractivity contribution in [2.24, 2.45) is 0 Å². The molecule has 0 unspecified atom stereocenters. The predicted molar refractivity (Wildman–Crippen MR) is 125 cm³/mol. The molecule has 2 aromatic heterocycles. The summed E-state index contributed by atoms with van der Waals surface area (Å²) in [5.41, 5.74) is 5.08. The Bertz CT molecular complexity index is 1400. The summed E-state index contributed by atoms with van der Waals surface area (Å²) < 4.78 is 1.48. The molecule has 1 aliphatic rings. The molecule has 0 spiro atoms. The fourth-order valence-corrected chi connectivity index (χ4v) is 4.17. The molecule has 4 aromatic rings. The molecule has 33 heavy (non-hydrogen) atoms. The molecule has 2 amide bonds. The van der Waals surface area contributed by atoms with Crippen LogP contribution in [0.15, 0.2) is 65.5 Å². The molecule has 0 atom stereocenters. The normalized spacial score (nSPS) is 13.1. The standard InChI is InChI=1S/C25H23N5O3/c1-16(31)26-19-9-7-17(8-10-19)13-24(32)29-12-11-20-22(15-29)27-23-14-21(28-30(23)25(20)33)18-5-3-2-4-6-18/h2-10,14,28H,11-13,15H2,1H3,(H,26,31). The smallest absolute Gasteiger partial charge is 0.276 e. The van der Waals surface area contributed by atoms with Crippen molar-refractivity contribution in [2.45, 2.75) is 26.3 Å². The SMILES string of the molecule is CC(=O)Nc1ccc(CC(=O)N2CCc3c(nc4cc(-c5ccccc5)[nH]n4c3=O)C2)cc1. The summed E-state index contributed by atoms with van der Waals surface area (Å²) in [6, 6.07) is 18.9. The van der Waals surface area contributed by atoms with Crippen LogP contribution in [-0.2, 0) is 29.0 Å². The third kappa shape index (κ3) is 4.15. The van der Waals surface area contributed by atoms with E-state index in [0.717, 1.165) is 16.8 Å². The van der Waals surface area contributed by atoms with E-state index in [0.29, 0.717) is 42.1 Å². The Morgan fingerprint density at radius 3 is 2.58 bits per heavy atom. The Morgan fingerprint density at radius 2 is 1.85 bits per heavy atom. The summed E-state index contributed by atoms with van der Waals surface area (Å²) in [7, 11) is 0. The molecule has 8 heteroatoms. The van der Waals surface area contributed by atoms with E-state index >= 15 is 0 Å². The monoisotopic (exact) mass is 441 g/mol. The van der Waals surface area contributed by atoms with Crippen molar-refractivity contribution >= 4 is 23.1 Å². The molecule has 0 fully saturated rings. The topological polar surface area (TPSA) is 99.6 Å². The average Bonchev–Trinajstić information content (AvgIpc) is 3.25. The molecular formula is C25H23N5O3. The van der Waals surface area contributed by atoms with E-state index in [2.05, 4.69) is 10.4 Å². The maximum atomic E-state index is 13.1. The number of carbonyl (C=O) groups excluding carboxylic acids is 2. The minimum atomic E-state index is -0.137. The molecule has 3 heterocycles. The number of aromatic nitrogens is 3. The number of rotatable bonds is 4. The molecule has 0 saturated heterocycles. The van der Waals surface area contributed by atoms with Crippen LogP contribution < -0.4 is 10.9 Å². The zero-order valence-corrected chi connectivity index (χ0v) is 18.2. The first-order chi connectivity index (χ1) is 16.0. The third-order valence-electron chi connectivity index (χ3n) is 5.83. The molecule has 2 N–H and O–H groups in total. The zero-order chi connectivity index (χ0) is 22.9. The highest BCUT2D eigenvalue weighted by molar-refractivity contribution is 5.88. The Hall–Kier alpha value is -4.20. The number of anilines is 1. The van der Waals surface area contributed by atoms with E-state index in [4.69, 9.17) is 4.98 Å². The van der Waals surface area contributed by atoms with E-state index in [1.165, 1.54) is 11.4 Å². The lowest BCUT2D eigenvalue weighted by molar-refractivity contribution is -0.131. The van der Waals surface area contributed by atoms with Crippen molar-refractivity contribution < 1.29 is 9.59 Å². The van der Waals surface area contributed by atoms with Crippen LogP contribution in [0.3, 0.4) is 0 Å². The van der Waals surface area contributed by atoms with E-state index in [-0.39, 0.29) is 23.8 Å². The Kier molecular flexibility index (Phi) is 5.26. The maximum absolute atomic E-state index is 13.1. The number of H-pyrrole nitrogens is 1. The van der Waals surface area contributed by atoms with Gasteiger partial charge in [-0.05, 0) is 29.7 Å². The molecular weight excluding hydrogens is 418 g/mol. The number of hydrogen-bond acceptors (Lipinski definition) is 4. The highest BCUT2D eigenvalue weighted by Crippen LogP contribution is 2.21. The maximum Gasteiger partial charge on any atom is 0.276 e. The van der Waals surface area contributed by atoms with E-state index in [1.54, 1.807) is 17.0 Å². The van der Waals surface area contributed by atoms with Gasteiger partial charge in [0.05, 0.1) is 24.4 Å². The molecule has 8 nitrogen and oxygen atoms in total. The largest absolute Gasteiger partial charge is 0.336 e. The first-order valence-corrected chi connectivity index (χ1v) is 10.8. The van der Waals surface area contributed by atoms with Crippen LogP contribution >= 0.6 is 0 Å². The van der Waals surface area contributed by atoms with Crippen molar-refractivity contribution in [1.29, 1.82) is 0 Å². The van der Waals surface area contributed by atoms with Gasteiger partial charge in [0, 0.05) is 30.8 Å². The molecule has 0 bridgehead atoms. The fourth-order valence-electron chi connectivity index (χ4n) is 4.17. The third-order valence-corrected chi connectivity index (χ3v) is 5.83. The minimum absolute atomic E-state index is 0.0195. The summed E-state index contributed by atoms with van der Waals surface area (Å²) >= 11 is 0. The molecule has 0 radical (unpaired) electrons. The molecule has 1 aliphatic heterocycles. The van der Waals surface area contributed by atoms with Crippen molar-refractivity contribution in [3.8, 4) is 11.3 Å². The van der Waals surface area contributed by atoms with Crippen LogP contribution in [0.2, 0.25) is 0 Å². The number of carbonyl (C=O) groups is 2. The highest BCUT2D eigenvalue weighted by atomic mass is 16.2. The number of amides is 2. The van der Waals surface area contributed by atoms with Crippen LogP contribution in [0, 0.1) is 0 Å². The number of benzene rings is 2. The van der Waals surface area contributed by atoms with Gasteiger partial charge in [-0.3, -0.25) is 19.5 Å². The lowest BCUT2D eigenvalue weighted by Gasteiger charge is -2.27. The summed E-state index contributed by atoms with van der Waals surface area (Å²) in [6.07, 6.45) is 0.718. The minimum Gasteiger partial charge on any atom is -0.336 e. The first kappa shape index (κ1) is 20.7. The van der Waals surface area contributed by atoms with Gasteiger partial charge in [0.1, 0.15) is 0 Å². The van der Waals surface area contributed by atoms with Crippen LogP contribution in [0.25, 0.3) is 16.9 Å². The number of fused-ring (bicyclic) bond motifs is 2. The summed E-state index contributed by atoms with van der Waals surface area (Å²) in [5.74, 6) is -0.157. The van der Waals surface area contributed by atoms with Crippen LogP contribution in [0.5, 0.6) is 0 Å². The molecule has 166 valence electrons. The Balaban J connectivity index is 1.35. The van der Waals surface area contributed by atoms with Gasteiger partial charge in [0.25, 0.3) is 5.56 Å². The Morgan fingerprint density at radius 1 is 1.09 bits per heavy atom. The van der Waals surface area contributed by atoms with Gasteiger partial charge in [0.15, 0.2) is 5.65 Å². The van der Waals surface area contributed by atoms with Crippen LogP contribution in [-0.4, -0.2) is 37.9 Å². The molecule has 5 rings (SSSR count). The number of nitrogens with zero attached hydrogens (tertiary/aromatic N) is 3. The second-order valence-corrected chi connectivity index (χ2v) is 8.19. The summed E-state index contributed by atoms with van der Waals surface area (Å²) in [4.78, 5) is 43.6. The molecule has 0 aliphatic carbocycles. The predicted octanol–water partition coefficient (Wildman–Crippen LogP) is 2.78. The highest BCUT2D eigenvalue weighted by Gasteiger charge is 2.25. The second kappa shape index (κ2) is 8.38. The number of nitrogens with one attached hydrogen (secondary N) is 2. The van der Waals surface area contributed by atoms with Gasteiger partial charge in [0.2, 0.25) is 11.8 Å². The van der Waals surface area contributed by atoms with Crippen molar-refractivity contribution in [1.82, 2.24) is 19.5 Å². The first-order valence-electron chi connectivity index (χ1n) is 10.8. The Labute approximate surface area is 189 Å². The van der Waals surface area contributed by atoms with Crippen LogP contribution in [0.1, 0.15) is 23.7 Å². The van der Waals surface area contributed by atoms with Gasteiger partial charge < -0.3 is 10.2 Å².